The van der Waals surface area contributed by atoms with Crippen LogP contribution in [-0.4, -0.2) is 62.4 Å². The van der Waals surface area contributed by atoms with Crippen LogP contribution in [0.3, 0.4) is 0 Å². The van der Waals surface area contributed by atoms with E-state index in [1.165, 1.54) is 4.31 Å². The SMILES string of the molecule is Cc1ccccc1CS(=O)(=O)N1CCCN(C(=O)C2CCCO2)CC1. The molecule has 7 heteroatoms. The molecule has 2 saturated heterocycles. The van der Waals surface area contributed by atoms with Gasteiger partial charge in [-0.15, -0.1) is 0 Å². The largest absolute Gasteiger partial charge is 0.368 e. The predicted octanol–water partition coefficient (Wildman–Crippen LogP) is 1.54. The van der Waals surface area contributed by atoms with E-state index in [0.29, 0.717) is 39.2 Å². The maximum atomic E-state index is 12.8. The van der Waals surface area contributed by atoms with Gasteiger partial charge < -0.3 is 9.64 Å². The average molecular weight is 366 g/mol. The van der Waals surface area contributed by atoms with Crippen LogP contribution in [0, 0.1) is 6.92 Å². The molecule has 6 nitrogen and oxygen atoms in total. The smallest absolute Gasteiger partial charge is 0.251 e. The molecule has 1 unspecified atom stereocenters. The zero-order chi connectivity index (χ0) is 17.9. The number of carbonyl (C=O) groups excluding carboxylic acids is 1. The van der Waals surface area contributed by atoms with Crippen LogP contribution >= 0.6 is 0 Å². The molecule has 2 fully saturated rings. The molecule has 3 rings (SSSR count). The van der Waals surface area contributed by atoms with Gasteiger partial charge in [0.05, 0.1) is 5.75 Å². The molecule has 1 atom stereocenters. The first kappa shape index (κ1) is 18.4. The van der Waals surface area contributed by atoms with E-state index in [-0.39, 0.29) is 17.8 Å². The van der Waals surface area contributed by atoms with Crippen LogP contribution in [0.1, 0.15) is 30.4 Å². The van der Waals surface area contributed by atoms with Gasteiger partial charge in [0.25, 0.3) is 5.91 Å². The van der Waals surface area contributed by atoms with E-state index >= 15 is 0 Å². The number of benzene rings is 1. The minimum Gasteiger partial charge on any atom is -0.368 e. The summed E-state index contributed by atoms with van der Waals surface area (Å²) in [6.45, 7) is 4.41. The minimum atomic E-state index is -3.39. The highest BCUT2D eigenvalue weighted by Gasteiger charge is 2.31. The van der Waals surface area contributed by atoms with Gasteiger partial charge in [0, 0.05) is 32.8 Å². The topological polar surface area (TPSA) is 66.9 Å². The Labute approximate surface area is 149 Å². The summed E-state index contributed by atoms with van der Waals surface area (Å²) < 4.78 is 32.6. The van der Waals surface area contributed by atoms with E-state index in [9.17, 15) is 13.2 Å². The molecule has 138 valence electrons. The molecule has 2 aliphatic rings. The summed E-state index contributed by atoms with van der Waals surface area (Å²) in [5.74, 6) is 0.0231. The van der Waals surface area contributed by atoms with Gasteiger partial charge >= 0.3 is 0 Å². The minimum absolute atomic E-state index is 0.00986. The van der Waals surface area contributed by atoms with Crippen molar-refractivity contribution in [2.75, 3.05) is 32.8 Å². The second kappa shape index (κ2) is 7.85. The van der Waals surface area contributed by atoms with Crippen LogP contribution in [0.25, 0.3) is 0 Å². The highest BCUT2D eigenvalue weighted by Crippen LogP contribution is 2.19. The van der Waals surface area contributed by atoms with Crippen LogP contribution < -0.4 is 0 Å². The Morgan fingerprint density at radius 1 is 1.16 bits per heavy atom. The third-order valence-corrected chi connectivity index (χ3v) is 6.79. The van der Waals surface area contributed by atoms with Crippen molar-refractivity contribution in [2.24, 2.45) is 0 Å². The standard InChI is InChI=1S/C18H26N2O4S/c1-15-6-2-3-7-16(15)14-25(22,23)20-10-5-9-19(11-12-20)18(21)17-8-4-13-24-17/h2-3,6-7,17H,4-5,8-14H2,1H3. The second-order valence-electron chi connectivity index (χ2n) is 6.76. The van der Waals surface area contributed by atoms with E-state index in [2.05, 4.69) is 0 Å². The van der Waals surface area contributed by atoms with Crippen molar-refractivity contribution < 1.29 is 17.9 Å². The normalized spacial score (nSPS) is 22.8. The van der Waals surface area contributed by atoms with E-state index in [1.807, 2.05) is 31.2 Å². The Morgan fingerprint density at radius 3 is 2.68 bits per heavy atom. The third-order valence-electron chi connectivity index (χ3n) is 4.96. The first-order chi connectivity index (χ1) is 12.0. The summed E-state index contributed by atoms with van der Waals surface area (Å²) >= 11 is 0. The lowest BCUT2D eigenvalue weighted by molar-refractivity contribution is -0.140. The Hall–Kier alpha value is -1.44. The van der Waals surface area contributed by atoms with Gasteiger partial charge in [-0.2, -0.15) is 4.31 Å². The van der Waals surface area contributed by atoms with Crippen molar-refractivity contribution in [3.63, 3.8) is 0 Å². The van der Waals surface area contributed by atoms with Crippen LogP contribution in [0.15, 0.2) is 24.3 Å². The van der Waals surface area contributed by atoms with Gasteiger partial charge in [-0.1, -0.05) is 24.3 Å². The number of hydrogen-bond donors (Lipinski definition) is 0. The number of sulfonamides is 1. The maximum Gasteiger partial charge on any atom is 0.251 e. The van der Waals surface area contributed by atoms with Gasteiger partial charge in [0.15, 0.2) is 0 Å². The molecule has 25 heavy (non-hydrogen) atoms. The van der Waals surface area contributed by atoms with E-state index in [0.717, 1.165) is 24.0 Å². The number of carbonyl (C=O) groups is 1. The van der Waals surface area contributed by atoms with Gasteiger partial charge in [-0.3, -0.25) is 4.79 Å². The zero-order valence-electron chi connectivity index (χ0n) is 14.7. The molecule has 0 bridgehead atoms. The molecule has 0 saturated carbocycles. The van der Waals surface area contributed by atoms with E-state index in [4.69, 9.17) is 4.74 Å². The summed E-state index contributed by atoms with van der Waals surface area (Å²) in [6.07, 6.45) is 2.01. The first-order valence-corrected chi connectivity index (χ1v) is 10.5. The van der Waals surface area contributed by atoms with Crippen molar-refractivity contribution >= 4 is 15.9 Å². The van der Waals surface area contributed by atoms with Gasteiger partial charge in [0.2, 0.25) is 10.0 Å². The highest BCUT2D eigenvalue weighted by molar-refractivity contribution is 7.88. The predicted molar refractivity (Wildman–Crippen MR) is 95.5 cm³/mol. The monoisotopic (exact) mass is 366 g/mol. The quantitative estimate of drug-likeness (QED) is 0.811. The zero-order valence-corrected chi connectivity index (χ0v) is 15.5. The van der Waals surface area contributed by atoms with Crippen molar-refractivity contribution in [1.82, 2.24) is 9.21 Å². The molecular weight excluding hydrogens is 340 g/mol. The fraction of sp³-hybridized carbons (Fsp3) is 0.611. The number of amides is 1. The molecule has 1 aromatic carbocycles. The third kappa shape index (κ3) is 4.40. The number of ether oxygens (including phenoxy) is 1. The number of hydrogen-bond acceptors (Lipinski definition) is 4. The van der Waals surface area contributed by atoms with Crippen molar-refractivity contribution in [2.45, 2.75) is 38.0 Å². The average Bonchev–Trinajstić information content (AvgIpc) is 3.00. The molecule has 0 radical (unpaired) electrons. The molecule has 2 heterocycles. The van der Waals surface area contributed by atoms with Crippen molar-refractivity contribution in [1.29, 1.82) is 0 Å². The second-order valence-corrected chi connectivity index (χ2v) is 8.73. The first-order valence-electron chi connectivity index (χ1n) is 8.90. The number of nitrogens with zero attached hydrogens (tertiary/aromatic N) is 2. The summed E-state index contributed by atoms with van der Waals surface area (Å²) in [6, 6.07) is 7.56. The summed E-state index contributed by atoms with van der Waals surface area (Å²) in [5.41, 5.74) is 1.81. The molecule has 0 aromatic heterocycles. The molecule has 0 aliphatic carbocycles. The van der Waals surface area contributed by atoms with Gasteiger partial charge in [-0.05, 0) is 37.3 Å². The highest BCUT2D eigenvalue weighted by atomic mass is 32.2. The number of rotatable bonds is 4. The Balaban J connectivity index is 1.63. The lowest BCUT2D eigenvalue weighted by Crippen LogP contribution is -2.42. The Morgan fingerprint density at radius 2 is 1.96 bits per heavy atom. The molecular formula is C18H26N2O4S. The van der Waals surface area contributed by atoms with Crippen LogP contribution in [-0.2, 0) is 25.3 Å². The van der Waals surface area contributed by atoms with E-state index < -0.39 is 10.0 Å². The molecule has 1 aromatic rings. The van der Waals surface area contributed by atoms with Gasteiger partial charge in [-0.25, -0.2) is 8.42 Å². The van der Waals surface area contributed by atoms with Crippen molar-refractivity contribution in [3.8, 4) is 0 Å². The van der Waals surface area contributed by atoms with Crippen LogP contribution in [0.2, 0.25) is 0 Å². The molecule has 1 amide bonds. The van der Waals surface area contributed by atoms with E-state index in [1.54, 1.807) is 4.90 Å². The molecule has 2 aliphatic heterocycles. The van der Waals surface area contributed by atoms with Crippen LogP contribution in [0.4, 0.5) is 0 Å². The van der Waals surface area contributed by atoms with Crippen LogP contribution in [0.5, 0.6) is 0 Å². The Kier molecular flexibility index (Phi) is 5.76. The fourth-order valence-electron chi connectivity index (χ4n) is 3.43. The molecule has 0 spiro atoms. The summed E-state index contributed by atoms with van der Waals surface area (Å²) in [5, 5.41) is 0. The maximum absolute atomic E-state index is 12.8. The number of aryl methyl sites for hydroxylation is 1. The lowest BCUT2D eigenvalue weighted by atomic mass is 10.1. The molecule has 0 N–H and O–H groups in total. The van der Waals surface area contributed by atoms with Gasteiger partial charge in [0.1, 0.15) is 6.10 Å². The fourth-order valence-corrected chi connectivity index (χ4v) is 5.09. The lowest BCUT2D eigenvalue weighted by Gasteiger charge is -2.24. The van der Waals surface area contributed by atoms with Crippen molar-refractivity contribution in [3.05, 3.63) is 35.4 Å². The summed E-state index contributed by atoms with van der Waals surface area (Å²) in [7, 11) is -3.39. The summed E-state index contributed by atoms with van der Waals surface area (Å²) in [4.78, 5) is 14.2. The Bertz CT molecular complexity index is 714.